The zero-order chi connectivity index (χ0) is 18.9. The average molecular weight is 367 g/mol. The average Bonchev–Trinajstić information content (AvgIpc) is 2.70. The van der Waals surface area contributed by atoms with Gasteiger partial charge < -0.3 is 20.1 Å². The molecule has 2 rings (SSSR count). The molecule has 11 heteroatoms. The van der Waals surface area contributed by atoms with E-state index in [1.54, 1.807) is 33.8 Å². The van der Waals surface area contributed by atoms with Gasteiger partial charge in [0.25, 0.3) is 0 Å². The summed E-state index contributed by atoms with van der Waals surface area (Å²) in [5.41, 5.74) is 0.130. The van der Waals surface area contributed by atoms with Crippen molar-refractivity contribution in [3.05, 3.63) is 11.6 Å². The van der Waals surface area contributed by atoms with Gasteiger partial charge in [-0.15, -0.1) is 0 Å². The van der Waals surface area contributed by atoms with Crippen LogP contribution in [0.3, 0.4) is 0 Å². The summed E-state index contributed by atoms with van der Waals surface area (Å²) >= 11 is 0. The molecule has 2 aliphatic rings. The van der Waals surface area contributed by atoms with Crippen molar-refractivity contribution in [1.29, 1.82) is 0 Å². The number of aliphatic carboxylic acids is 1. The van der Waals surface area contributed by atoms with Crippen molar-refractivity contribution in [2.24, 2.45) is 0 Å². The van der Waals surface area contributed by atoms with Crippen LogP contribution < -0.4 is 5.32 Å². The molecule has 0 unspecified atom stereocenters. The number of hydroxylamine groups is 2. The minimum absolute atomic E-state index is 0. The number of alkyl carbamates (subject to hydrolysis) is 1. The second kappa shape index (κ2) is 8.29. The summed E-state index contributed by atoms with van der Waals surface area (Å²) in [6.07, 6.45) is -1.55. The van der Waals surface area contributed by atoms with Crippen molar-refractivity contribution in [3.63, 3.8) is 0 Å². The molecule has 2 bridgehead atoms. The maximum atomic E-state index is 13.3. The molecule has 9 nitrogen and oxygen atoms in total. The summed E-state index contributed by atoms with van der Waals surface area (Å²) < 4.78 is 18.4. The van der Waals surface area contributed by atoms with E-state index in [4.69, 9.17) is 9.84 Å². The van der Waals surface area contributed by atoms with Crippen LogP contribution in [0.2, 0.25) is 0 Å². The Bertz CT molecular complexity index is 609. The Balaban J connectivity index is 0.00000338. The minimum atomic E-state index is -2.63. The summed E-state index contributed by atoms with van der Waals surface area (Å²) in [5.74, 6) is -1.81. The summed E-state index contributed by atoms with van der Waals surface area (Å²) in [6, 6.07) is -1.69. The molecule has 0 aliphatic carbocycles. The number of fused-ring (bicyclic) bond motifs is 2. The van der Waals surface area contributed by atoms with Crippen molar-refractivity contribution in [3.8, 4) is 0 Å². The van der Waals surface area contributed by atoms with Gasteiger partial charge in [-0.25, -0.2) is 23.6 Å². The number of hydrogen-bond acceptors (Lipinski definition) is 5. The molecule has 0 saturated carbocycles. The Kier molecular flexibility index (Phi) is 7.10. The molecular formula is C15H23FLiN3O6. The predicted octanol–water partition coefficient (Wildman–Crippen LogP) is 0.609. The fraction of sp³-hybridized carbons (Fsp3) is 0.667. The van der Waals surface area contributed by atoms with Gasteiger partial charge in [0.2, 0.25) is 0 Å². The normalized spacial score (nSPS) is 23.1. The van der Waals surface area contributed by atoms with Gasteiger partial charge in [-0.05, 0) is 27.7 Å². The van der Waals surface area contributed by atoms with E-state index in [0.717, 1.165) is 10.6 Å². The van der Waals surface area contributed by atoms with E-state index < -0.39 is 42.1 Å². The number of alkyl halides is 1. The van der Waals surface area contributed by atoms with Crippen LogP contribution in [-0.4, -0.2) is 89.2 Å². The van der Waals surface area contributed by atoms with Gasteiger partial charge in [-0.3, -0.25) is 0 Å². The first-order valence-electron chi connectivity index (χ1n) is 7.78. The third-order valence-electron chi connectivity index (χ3n) is 3.72. The Labute approximate surface area is 162 Å². The topological polar surface area (TPSA) is 108 Å². The second-order valence-electron chi connectivity index (χ2n) is 6.90. The summed E-state index contributed by atoms with van der Waals surface area (Å²) in [5, 5.41) is 11.9. The van der Waals surface area contributed by atoms with Crippen molar-refractivity contribution < 1.29 is 33.5 Å². The number of urea groups is 1. The molecule has 1 fully saturated rings. The van der Waals surface area contributed by atoms with Crippen LogP contribution in [0.15, 0.2) is 11.6 Å². The number of rotatable bonds is 5. The fourth-order valence-electron chi connectivity index (χ4n) is 2.70. The maximum absolute atomic E-state index is 13.3. The van der Waals surface area contributed by atoms with Crippen molar-refractivity contribution in [2.45, 2.75) is 51.7 Å². The molecule has 0 radical (unpaired) electrons. The van der Waals surface area contributed by atoms with Gasteiger partial charge in [-0.1, -0.05) is 11.6 Å². The van der Waals surface area contributed by atoms with Crippen LogP contribution in [-0.2, 0) is 14.4 Å². The van der Waals surface area contributed by atoms with Crippen LogP contribution in [0.5, 0.6) is 0 Å². The van der Waals surface area contributed by atoms with Gasteiger partial charge in [-0.2, -0.15) is 5.06 Å². The number of carboxylic acids is 1. The SMILES string of the molecule is CC1=C[C@@H]2CN(C(=O)N2O[C@@H](F)C(=O)O)[C@@H]1CNC(=O)OC(C)(C)C.[LiH]. The molecule has 0 aromatic heterocycles. The molecule has 142 valence electrons. The molecule has 0 spiro atoms. The first-order valence-corrected chi connectivity index (χ1v) is 7.78. The number of carbonyl (C=O) groups is 3. The van der Waals surface area contributed by atoms with Crippen LogP contribution in [0.4, 0.5) is 14.0 Å². The van der Waals surface area contributed by atoms with E-state index in [0.29, 0.717) is 0 Å². The van der Waals surface area contributed by atoms with E-state index in [1.165, 1.54) is 4.90 Å². The van der Waals surface area contributed by atoms with E-state index in [1.807, 2.05) is 0 Å². The van der Waals surface area contributed by atoms with Gasteiger partial charge in [0.15, 0.2) is 0 Å². The molecule has 3 atom stereocenters. The summed E-state index contributed by atoms with van der Waals surface area (Å²) in [6.45, 7) is 7.29. The number of amides is 3. The van der Waals surface area contributed by atoms with Gasteiger partial charge in [0.05, 0.1) is 12.1 Å². The molecule has 1 saturated heterocycles. The quantitative estimate of drug-likeness (QED) is 0.544. The van der Waals surface area contributed by atoms with Crippen LogP contribution in [0.1, 0.15) is 27.7 Å². The van der Waals surface area contributed by atoms with Crippen LogP contribution in [0, 0.1) is 0 Å². The number of nitrogens with one attached hydrogen (secondary N) is 1. The number of carboxylic acid groups (broad SMARTS) is 1. The summed E-state index contributed by atoms with van der Waals surface area (Å²) in [7, 11) is 0. The monoisotopic (exact) mass is 367 g/mol. The third kappa shape index (κ3) is 5.13. The molecule has 3 amide bonds. The molecule has 0 aromatic rings. The van der Waals surface area contributed by atoms with Crippen LogP contribution >= 0.6 is 0 Å². The van der Waals surface area contributed by atoms with Gasteiger partial charge >= 0.3 is 43.3 Å². The molecule has 2 N–H and O–H groups in total. The summed E-state index contributed by atoms with van der Waals surface area (Å²) in [4.78, 5) is 40.7. The standard InChI is InChI=1S/C15H22FN3O6.Li.H/c1-8-5-9-7-18(14(23)19(9)25-11(16)12(20)21)10(8)6-17-13(22)24-15(2,3)4;;/h5,9-11H,6-7H2,1-4H3,(H,17,22)(H,20,21);;/t9-,10-,11-;;/m1../s1. The fourth-order valence-corrected chi connectivity index (χ4v) is 2.70. The Morgan fingerprint density at radius 1 is 1.46 bits per heavy atom. The third-order valence-corrected chi connectivity index (χ3v) is 3.72. The molecule has 0 aromatic carbocycles. The number of carbonyl (C=O) groups excluding carboxylic acids is 2. The van der Waals surface area contributed by atoms with Crippen LogP contribution in [0.25, 0.3) is 0 Å². The number of hydrogen-bond donors (Lipinski definition) is 2. The molecule has 2 aliphatic heterocycles. The van der Waals surface area contributed by atoms with E-state index in [-0.39, 0.29) is 32.0 Å². The second-order valence-corrected chi connectivity index (χ2v) is 6.90. The Morgan fingerprint density at radius 2 is 2.08 bits per heavy atom. The van der Waals surface area contributed by atoms with Crippen molar-refractivity contribution in [2.75, 3.05) is 13.1 Å². The predicted molar refractivity (Wildman–Crippen MR) is 90.3 cm³/mol. The van der Waals surface area contributed by atoms with Crippen molar-refractivity contribution in [1.82, 2.24) is 15.3 Å². The number of nitrogens with zero attached hydrogens (tertiary/aromatic N) is 2. The zero-order valence-electron chi connectivity index (χ0n) is 14.5. The van der Waals surface area contributed by atoms with Crippen molar-refractivity contribution >= 4 is 37.0 Å². The van der Waals surface area contributed by atoms with E-state index >= 15 is 0 Å². The Morgan fingerprint density at radius 3 is 2.62 bits per heavy atom. The van der Waals surface area contributed by atoms with Gasteiger partial charge in [0.1, 0.15) is 5.60 Å². The van der Waals surface area contributed by atoms with E-state index in [9.17, 15) is 18.8 Å². The first kappa shape index (κ1) is 22.3. The molecule has 2 heterocycles. The number of ether oxygens (including phenoxy) is 1. The molecule has 26 heavy (non-hydrogen) atoms. The Hall–Kier alpha value is -1.76. The molecular weight excluding hydrogens is 344 g/mol. The van der Waals surface area contributed by atoms with E-state index in [2.05, 4.69) is 10.2 Å². The van der Waals surface area contributed by atoms with Gasteiger partial charge in [0, 0.05) is 13.1 Å². The zero-order valence-corrected chi connectivity index (χ0v) is 14.5. The first-order chi connectivity index (χ1) is 11.5. The number of halogens is 1.